The lowest BCUT2D eigenvalue weighted by Gasteiger charge is -2.44. The Kier molecular flexibility index (Phi) is 6.20. The van der Waals surface area contributed by atoms with Crippen molar-refractivity contribution in [1.82, 2.24) is 4.90 Å². The van der Waals surface area contributed by atoms with Gasteiger partial charge < -0.3 is 19.1 Å². The highest BCUT2D eigenvalue weighted by molar-refractivity contribution is 6.03. The van der Waals surface area contributed by atoms with Gasteiger partial charge >= 0.3 is 0 Å². The van der Waals surface area contributed by atoms with Crippen LogP contribution in [0.1, 0.15) is 46.7 Å². The van der Waals surface area contributed by atoms with E-state index in [0.717, 1.165) is 11.1 Å². The Morgan fingerprint density at radius 1 is 0.914 bits per heavy atom. The summed E-state index contributed by atoms with van der Waals surface area (Å²) in [5, 5.41) is 0. The highest BCUT2D eigenvalue weighted by Crippen LogP contribution is 2.45. The van der Waals surface area contributed by atoms with E-state index < -0.39 is 5.60 Å². The van der Waals surface area contributed by atoms with Crippen LogP contribution in [0.2, 0.25) is 0 Å². The lowest BCUT2D eigenvalue weighted by Crippen LogP contribution is -2.53. The maximum Gasteiger partial charge on any atom is 0.234 e. The Balaban J connectivity index is 1.37. The summed E-state index contributed by atoms with van der Waals surface area (Å²) in [5.74, 6) is 1.23. The molecule has 1 fully saturated rings. The molecule has 3 aromatic carbocycles. The molecule has 0 aliphatic carbocycles. The summed E-state index contributed by atoms with van der Waals surface area (Å²) < 4.78 is 17.2. The number of fused-ring (bicyclic) bond motifs is 1. The van der Waals surface area contributed by atoms with Gasteiger partial charge in [-0.1, -0.05) is 60.7 Å². The number of ketones is 1. The third-order valence-corrected chi connectivity index (χ3v) is 7.08. The van der Waals surface area contributed by atoms with Gasteiger partial charge in [-0.3, -0.25) is 9.59 Å². The zero-order valence-electron chi connectivity index (χ0n) is 20.0. The number of rotatable bonds is 5. The molecule has 2 aliphatic heterocycles. The molecule has 0 aromatic heterocycles. The Hall–Kier alpha value is -3.80. The highest BCUT2D eigenvalue weighted by atomic mass is 16.5. The van der Waals surface area contributed by atoms with E-state index in [1.807, 2.05) is 65.6 Å². The fourth-order valence-corrected chi connectivity index (χ4v) is 5.21. The van der Waals surface area contributed by atoms with E-state index in [1.165, 1.54) is 7.11 Å². The van der Waals surface area contributed by atoms with E-state index in [2.05, 4.69) is 0 Å². The highest BCUT2D eigenvalue weighted by Gasteiger charge is 2.45. The zero-order valence-corrected chi connectivity index (χ0v) is 20.0. The van der Waals surface area contributed by atoms with Crippen LogP contribution in [0.15, 0.2) is 72.8 Å². The summed E-state index contributed by atoms with van der Waals surface area (Å²) in [7, 11) is 3.11. The van der Waals surface area contributed by atoms with Crippen LogP contribution in [0, 0.1) is 0 Å². The maximum absolute atomic E-state index is 13.8. The molecule has 1 saturated heterocycles. The summed E-state index contributed by atoms with van der Waals surface area (Å²) in [4.78, 5) is 28.8. The molecular weight excluding hydrogens is 442 g/mol. The van der Waals surface area contributed by atoms with Crippen molar-refractivity contribution < 1.29 is 23.8 Å². The minimum absolute atomic E-state index is 0.00280. The first-order valence-electron chi connectivity index (χ1n) is 11.9. The molecule has 1 spiro atoms. The van der Waals surface area contributed by atoms with Crippen LogP contribution in [0.5, 0.6) is 17.2 Å². The summed E-state index contributed by atoms with van der Waals surface area (Å²) in [6.07, 6.45) is 1.44. The second-order valence-corrected chi connectivity index (χ2v) is 9.17. The number of likely N-dealkylation sites (tertiary alicyclic amines) is 1. The van der Waals surface area contributed by atoms with Gasteiger partial charge in [-0.05, 0) is 11.1 Å². The monoisotopic (exact) mass is 471 g/mol. The van der Waals surface area contributed by atoms with Gasteiger partial charge in [-0.25, -0.2) is 0 Å². The number of hydrogen-bond donors (Lipinski definition) is 0. The number of nitrogens with zero attached hydrogens (tertiary/aromatic N) is 1. The summed E-state index contributed by atoms with van der Waals surface area (Å²) in [5.41, 5.74) is 1.78. The van der Waals surface area contributed by atoms with Gasteiger partial charge in [0.2, 0.25) is 5.91 Å². The van der Waals surface area contributed by atoms with Crippen LogP contribution in [0.3, 0.4) is 0 Å². The van der Waals surface area contributed by atoms with Crippen molar-refractivity contribution in [2.24, 2.45) is 0 Å². The fraction of sp³-hybridized carbons (Fsp3) is 0.310. The number of Topliss-reactive ketones (excluding diaryl/α,β-unsaturated/α-hetero) is 1. The molecule has 3 aromatic rings. The summed E-state index contributed by atoms with van der Waals surface area (Å²) in [6.45, 7) is 1.05. The Morgan fingerprint density at radius 2 is 1.51 bits per heavy atom. The second-order valence-electron chi connectivity index (χ2n) is 9.17. The number of ether oxygens (including phenoxy) is 3. The van der Waals surface area contributed by atoms with Crippen molar-refractivity contribution >= 4 is 11.7 Å². The van der Waals surface area contributed by atoms with Crippen LogP contribution in [-0.4, -0.2) is 49.5 Å². The number of piperidine rings is 1. The molecule has 0 N–H and O–H groups in total. The van der Waals surface area contributed by atoms with Gasteiger partial charge in [0, 0.05) is 38.1 Å². The third kappa shape index (κ3) is 4.36. The molecule has 2 aliphatic rings. The lowest BCUT2D eigenvalue weighted by atomic mass is 9.81. The number of carbonyl (C=O) groups excluding carboxylic acids is 2. The average Bonchev–Trinajstić information content (AvgIpc) is 2.89. The number of hydrogen-bond acceptors (Lipinski definition) is 5. The predicted molar refractivity (Wildman–Crippen MR) is 132 cm³/mol. The van der Waals surface area contributed by atoms with Crippen LogP contribution >= 0.6 is 0 Å². The molecule has 0 bridgehead atoms. The van der Waals surface area contributed by atoms with Crippen molar-refractivity contribution in [1.29, 1.82) is 0 Å². The van der Waals surface area contributed by atoms with Crippen molar-refractivity contribution in [3.63, 3.8) is 0 Å². The molecule has 2 heterocycles. The van der Waals surface area contributed by atoms with Gasteiger partial charge in [-0.2, -0.15) is 0 Å². The lowest BCUT2D eigenvalue weighted by molar-refractivity contribution is -0.135. The minimum atomic E-state index is -0.632. The predicted octanol–water partition coefficient (Wildman–Crippen LogP) is 4.86. The first-order valence-corrected chi connectivity index (χ1v) is 11.9. The molecular formula is C29H29NO5. The first-order chi connectivity index (χ1) is 17.0. The SMILES string of the molecule is COc1cc(OC)c2c(c1)OC1(CCN(C(=O)C(c3ccccc3)c3ccccc3)CC1)CC2=O. The summed E-state index contributed by atoms with van der Waals surface area (Å²) >= 11 is 0. The normalized spacial score (nSPS) is 16.5. The molecule has 5 rings (SSSR count). The Labute approximate surface area is 205 Å². The zero-order chi connectivity index (χ0) is 24.4. The minimum Gasteiger partial charge on any atom is -0.496 e. The second kappa shape index (κ2) is 9.45. The molecule has 0 radical (unpaired) electrons. The van der Waals surface area contributed by atoms with Gasteiger partial charge in [0.05, 0.1) is 26.6 Å². The number of benzene rings is 3. The van der Waals surface area contributed by atoms with Crippen LogP contribution < -0.4 is 14.2 Å². The van der Waals surface area contributed by atoms with Gasteiger partial charge in [0.15, 0.2) is 5.78 Å². The smallest absolute Gasteiger partial charge is 0.234 e. The van der Waals surface area contributed by atoms with Gasteiger partial charge in [-0.15, -0.1) is 0 Å². The van der Waals surface area contributed by atoms with E-state index >= 15 is 0 Å². The molecule has 35 heavy (non-hydrogen) atoms. The molecule has 0 atom stereocenters. The van der Waals surface area contributed by atoms with Crippen LogP contribution in [0.25, 0.3) is 0 Å². The largest absolute Gasteiger partial charge is 0.496 e. The fourth-order valence-electron chi connectivity index (χ4n) is 5.21. The number of carbonyl (C=O) groups is 2. The van der Waals surface area contributed by atoms with Gasteiger partial charge in [0.25, 0.3) is 0 Å². The van der Waals surface area contributed by atoms with E-state index in [4.69, 9.17) is 14.2 Å². The molecule has 1 amide bonds. The summed E-state index contributed by atoms with van der Waals surface area (Å²) in [6, 6.07) is 23.2. The molecule has 6 heteroatoms. The van der Waals surface area contributed by atoms with E-state index in [1.54, 1.807) is 19.2 Å². The topological polar surface area (TPSA) is 65.1 Å². The quantitative estimate of drug-likeness (QED) is 0.532. The molecule has 0 unspecified atom stereocenters. The average molecular weight is 472 g/mol. The first kappa shape index (κ1) is 23.0. The van der Waals surface area contributed by atoms with Crippen LogP contribution in [0.4, 0.5) is 0 Å². The molecule has 6 nitrogen and oxygen atoms in total. The molecule has 0 saturated carbocycles. The van der Waals surface area contributed by atoms with Gasteiger partial charge in [0.1, 0.15) is 28.4 Å². The number of methoxy groups -OCH3 is 2. The Morgan fingerprint density at radius 3 is 2.06 bits per heavy atom. The molecule has 180 valence electrons. The van der Waals surface area contributed by atoms with E-state index in [9.17, 15) is 9.59 Å². The Bertz CT molecular complexity index is 1180. The van der Waals surface area contributed by atoms with Crippen LogP contribution in [-0.2, 0) is 4.79 Å². The van der Waals surface area contributed by atoms with E-state index in [-0.39, 0.29) is 24.0 Å². The standard InChI is InChI=1S/C29H29NO5/c1-33-22-17-24(34-2)27-23(31)19-29(35-25(27)18-22)13-15-30(16-14-29)28(32)26(20-9-5-3-6-10-20)21-11-7-4-8-12-21/h3-12,17-18,26H,13-16,19H2,1-2H3. The van der Waals surface area contributed by atoms with Crippen molar-refractivity contribution in [2.75, 3.05) is 27.3 Å². The van der Waals surface area contributed by atoms with Crippen molar-refractivity contribution in [3.8, 4) is 17.2 Å². The van der Waals surface area contributed by atoms with Crippen molar-refractivity contribution in [3.05, 3.63) is 89.5 Å². The van der Waals surface area contributed by atoms with E-state index in [0.29, 0.717) is 48.7 Å². The third-order valence-electron chi connectivity index (χ3n) is 7.08. The van der Waals surface area contributed by atoms with Crippen molar-refractivity contribution in [2.45, 2.75) is 30.8 Å². The maximum atomic E-state index is 13.8. The number of amides is 1.